The molecule has 0 spiro atoms. The van der Waals surface area contributed by atoms with Gasteiger partial charge in [-0.25, -0.2) is 0 Å². The molecular formula is C15H23ClN6O. The minimum Gasteiger partial charge on any atom is -0.344 e. The van der Waals surface area contributed by atoms with Crippen molar-refractivity contribution in [1.82, 2.24) is 25.1 Å². The second-order valence-electron chi connectivity index (χ2n) is 6.13. The third kappa shape index (κ3) is 5.30. The Morgan fingerprint density at radius 2 is 1.96 bits per heavy atom. The van der Waals surface area contributed by atoms with Crippen LogP contribution in [0.5, 0.6) is 0 Å². The fourth-order valence-electron chi connectivity index (χ4n) is 2.05. The monoisotopic (exact) mass is 338 g/mol. The number of nitrogens with zero attached hydrogens (tertiary/aromatic N) is 5. The van der Waals surface area contributed by atoms with Crippen molar-refractivity contribution in [2.45, 2.75) is 20.4 Å². The van der Waals surface area contributed by atoms with E-state index < -0.39 is 0 Å². The summed E-state index contributed by atoms with van der Waals surface area (Å²) in [5.74, 6) is 0.442. The molecule has 1 amide bonds. The SMILES string of the molecule is CN(CC(C)(C)CN)C(=O)Cn1nnc(-c2ccccc2)n1.Cl. The first kappa shape index (κ1) is 19.1. The number of halogens is 1. The molecule has 8 heteroatoms. The summed E-state index contributed by atoms with van der Waals surface area (Å²) >= 11 is 0. The van der Waals surface area contributed by atoms with Gasteiger partial charge in [0.05, 0.1) is 0 Å². The molecule has 0 bridgehead atoms. The van der Waals surface area contributed by atoms with Gasteiger partial charge in [-0.2, -0.15) is 4.80 Å². The molecule has 0 radical (unpaired) electrons. The van der Waals surface area contributed by atoms with Crippen molar-refractivity contribution in [2.75, 3.05) is 20.1 Å². The maximum Gasteiger partial charge on any atom is 0.246 e. The van der Waals surface area contributed by atoms with Crippen LogP contribution >= 0.6 is 12.4 Å². The lowest BCUT2D eigenvalue weighted by atomic mass is 9.93. The highest BCUT2D eigenvalue weighted by molar-refractivity contribution is 5.85. The smallest absolute Gasteiger partial charge is 0.246 e. The Bertz CT molecular complexity index is 628. The number of tetrazole rings is 1. The van der Waals surface area contributed by atoms with Gasteiger partial charge in [0, 0.05) is 19.2 Å². The van der Waals surface area contributed by atoms with Gasteiger partial charge in [-0.15, -0.1) is 22.6 Å². The number of hydrogen-bond acceptors (Lipinski definition) is 5. The summed E-state index contributed by atoms with van der Waals surface area (Å²) < 4.78 is 0. The van der Waals surface area contributed by atoms with Crippen molar-refractivity contribution in [3.05, 3.63) is 30.3 Å². The Morgan fingerprint density at radius 3 is 2.57 bits per heavy atom. The van der Waals surface area contributed by atoms with E-state index in [1.807, 2.05) is 44.2 Å². The van der Waals surface area contributed by atoms with Crippen LogP contribution in [0.2, 0.25) is 0 Å². The zero-order valence-corrected chi connectivity index (χ0v) is 14.5. The Morgan fingerprint density at radius 1 is 1.30 bits per heavy atom. The molecule has 0 aliphatic carbocycles. The molecule has 2 aromatic rings. The van der Waals surface area contributed by atoms with Crippen molar-refractivity contribution in [3.8, 4) is 11.4 Å². The Hall–Kier alpha value is -1.99. The van der Waals surface area contributed by atoms with Gasteiger partial charge in [0.2, 0.25) is 11.7 Å². The van der Waals surface area contributed by atoms with Crippen molar-refractivity contribution >= 4 is 18.3 Å². The normalized spacial score (nSPS) is 11.0. The molecule has 0 aliphatic rings. The van der Waals surface area contributed by atoms with Gasteiger partial charge < -0.3 is 10.6 Å². The van der Waals surface area contributed by atoms with Crippen LogP contribution in [0.15, 0.2) is 30.3 Å². The first-order chi connectivity index (χ1) is 10.4. The van der Waals surface area contributed by atoms with Crippen molar-refractivity contribution in [3.63, 3.8) is 0 Å². The fraction of sp³-hybridized carbons (Fsp3) is 0.467. The lowest BCUT2D eigenvalue weighted by Crippen LogP contribution is -2.41. The molecule has 126 valence electrons. The van der Waals surface area contributed by atoms with Gasteiger partial charge in [-0.05, 0) is 17.2 Å². The number of carbonyl (C=O) groups is 1. The van der Waals surface area contributed by atoms with E-state index in [9.17, 15) is 4.79 Å². The van der Waals surface area contributed by atoms with Gasteiger partial charge in [-0.3, -0.25) is 4.79 Å². The molecule has 0 saturated carbocycles. The van der Waals surface area contributed by atoms with E-state index in [1.54, 1.807) is 11.9 Å². The Labute approximate surface area is 142 Å². The molecule has 0 atom stereocenters. The highest BCUT2D eigenvalue weighted by atomic mass is 35.5. The fourth-order valence-corrected chi connectivity index (χ4v) is 2.05. The zero-order chi connectivity index (χ0) is 16.2. The maximum absolute atomic E-state index is 12.2. The molecule has 1 aromatic heterocycles. The van der Waals surface area contributed by atoms with Gasteiger partial charge >= 0.3 is 0 Å². The predicted molar refractivity (Wildman–Crippen MR) is 91.0 cm³/mol. The molecule has 0 aliphatic heterocycles. The topological polar surface area (TPSA) is 89.9 Å². The molecule has 1 heterocycles. The first-order valence-electron chi connectivity index (χ1n) is 7.18. The molecule has 1 aromatic carbocycles. The van der Waals surface area contributed by atoms with Crippen LogP contribution in [0, 0.1) is 5.41 Å². The Balaban J connectivity index is 0.00000264. The minimum absolute atomic E-state index is 0. The highest BCUT2D eigenvalue weighted by Crippen LogP contribution is 2.14. The summed E-state index contributed by atoms with van der Waals surface area (Å²) in [5.41, 5.74) is 6.46. The molecule has 7 nitrogen and oxygen atoms in total. The number of nitrogens with two attached hydrogens (primary N) is 1. The average molecular weight is 339 g/mol. The zero-order valence-electron chi connectivity index (χ0n) is 13.6. The number of carbonyl (C=O) groups excluding carboxylic acids is 1. The van der Waals surface area contributed by atoms with Crippen LogP contribution in [-0.2, 0) is 11.3 Å². The number of likely N-dealkylation sites (N-methyl/N-ethyl adjacent to an activating group) is 1. The number of hydrogen-bond donors (Lipinski definition) is 1. The quantitative estimate of drug-likeness (QED) is 0.854. The van der Waals surface area contributed by atoms with Gasteiger partial charge in [-0.1, -0.05) is 44.2 Å². The molecular weight excluding hydrogens is 316 g/mol. The predicted octanol–water partition coefficient (Wildman–Crippen LogP) is 1.21. The van der Waals surface area contributed by atoms with E-state index in [4.69, 9.17) is 5.73 Å². The van der Waals surface area contributed by atoms with Gasteiger partial charge in [0.25, 0.3) is 0 Å². The summed E-state index contributed by atoms with van der Waals surface area (Å²) in [6.07, 6.45) is 0. The summed E-state index contributed by atoms with van der Waals surface area (Å²) in [6.45, 7) is 5.22. The molecule has 0 fully saturated rings. The summed E-state index contributed by atoms with van der Waals surface area (Å²) in [6, 6.07) is 9.54. The number of amides is 1. The molecule has 2 rings (SSSR count). The first-order valence-corrected chi connectivity index (χ1v) is 7.18. The van der Waals surface area contributed by atoms with Crippen molar-refractivity contribution in [1.29, 1.82) is 0 Å². The summed E-state index contributed by atoms with van der Waals surface area (Å²) in [5, 5.41) is 12.2. The van der Waals surface area contributed by atoms with Crippen molar-refractivity contribution in [2.24, 2.45) is 11.1 Å². The second-order valence-corrected chi connectivity index (χ2v) is 6.13. The molecule has 2 N–H and O–H groups in total. The van der Waals surface area contributed by atoms with Crippen LogP contribution in [0.3, 0.4) is 0 Å². The van der Waals surface area contributed by atoms with E-state index in [0.717, 1.165) is 5.56 Å². The summed E-state index contributed by atoms with van der Waals surface area (Å²) in [4.78, 5) is 15.2. The minimum atomic E-state index is -0.116. The molecule has 0 saturated heterocycles. The summed E-state index contributed by atoms with van der Waals surface area (Å²) in [7, 11) is 1.76. The number of aromatic nitrogens is 4. The van der Waals surface area contributed by atoms with Crippen LogP contribution in [0.25, 0.3) is 11.4 Å². The standard InChI is InChI=1S/C15H22N6O.ClH/c1-15(2,10-16)11-20(3)13(22)9-21-18-14(17-19-21)12-7-5-4-6-8-12;/h4-8H,9-11,16H2,1-3H3;1H. The highest BCUT2D eigenvalue weighted by Gasteiger charge is 2.21. The lowest BCUT2D eigenvalue weighted by Gasteiger charge is -2.28. The average Bonchev–Trinajstić information content (AvgIpc) is 2.96. The van der Waals surface area contributed by atoms with Gasteiger partial charge in [0.1, 0.15) is 6.54 Å². The molecule has 0 unspecified atom stereocenters. The second kappa shape index (κ2) is 8.03. The van der Waals surface area contributed by atoms with Crippen LogP contribution < -0.4 is 5.73 Å². The Kier molecular flexibility index (Phi) is 6.65. The van der Waals surface area contributed by atoms with Gasteiger partial charge in [0.15, 0.2) is 0 Å². The van der Waals surface area contributed by atoms with E-state index >= 15 is 0 Å². The van der Waals surface area contributed by atoms with E-state index in [0.29, 0.717) is 18.9 Å². The van der Waals surface area contributed by atoms with E-state index in [-0.39, 0.29) is 30.3 Å². The lowest BCUT2D eigenvalue weighted by molar-refractivity contribution is -0.132. The number of rotatable bonds is 6. The maximum atomic E-state index is 12.2. The number of benzene rings is 1. The van der Waals surface area contributed by atoms with Crippen LogP contribution in [-0.4, -0.2) is 51.2 Å². The third-order valence-corrected chi connectivity index (χ3v) is 3.41. The largest absolute Gasteiger partial charge is 0.344 e. The van der Waals surface area contributed by atoms with Crippen LogP contribution in [0.1, 0.15) is 13.8 Å². The molecule has 23 heavy (non-hydrogen) atoms. The third-order valence-electron chi connectivity index (χ3n) is 3.41. The van der Waals surface area contributed by atoms with E-state index in [2.05, 4.69) is 15.4 Å². The van der Waals surface area contributed by atoms with Crippen molar-refractivity contribution < 1.29 is 4.79 Å². The van der Waals surface area contributed by atoms with E-state index in [1.165, 1.54) is 4.80 Å². The van der Waals surface area contributed by atoms with Crippen LogP contribution in [0.4, 0.5) is 0 Å².